The lowest BCUT2D eigenvalue weighted by Gasteiger charge is -2.20. The molecule has 2 unspecified atom stereocenters. The zero-order valence-corrected chi connectivity index (χ0v) is 52.4. The van der Waals surface area contributed by atoms with E-state index in [9.17, 15) is 19.8 Å². The molecular weight excluding hydrogens is 959 g/mol. The maximum Gasteiger partial charge on any atom is 0.305 e. The van der Waals surface area contributed by atoms with Crippen molar-refractivity contribution in [1.29, 1.82) is 0 Å². The topological polar surface area (TPSA) is 95.9 Å². The van der Waals surface area contributed by atoms with Gasteiger partial charge in [-0.05, 0) is 89.9 Å². The Labute approximate surface area is 486 Å². The molecule has 0 spiro atoms. The van der Waals surface area contributed by atoms with E-state index in [1.807, 2.05) is 6.08 Å². The molecule has 0 rings (SSSR count). The third-order valence-corrected chi connectivity index (χ3v) is 16.1. The smallest absolute Gasteiger partial charge is 0.305 e. The van der Waals surface area contributed by atoms with Gasteiger partial charge in [0.1, 0.15) is 0 Å². The Balaban J connectivity index is 3.38. The highest BCUT2D eigenvalue weighted by Gasteiger charge is 2.18. The molecule has 458 valence electrons. The average Bonchev–Trinajstić information content (AvgIpc) is 3.44. The third kappa shape index (κ3) is 63.0. The van der Waals surface area contributed by atoms with Crippen LogP contribution in [-0.4, -0.2) is 47.4 Å². The standard InChI is InChI=1S/C72H135NO5/c1-3-5-7-9-11-13-15-17-19-20-31-35-38-42-46-50-54-58-62-66-72(77)78-67-63-59-55-51-47-43-39-36-33-30-28-26-24-22-21-23-25-27-29-32-34-37-41-45-49-53-57-61-65-71(76)73-69(68-74)70(75)64-60-56-52-48-44-40-18-16-14-12-10-8-6-4-2/h11,13,17,19,21-22,60,64,69-70,74-75H,3-10,12,14-16,18,20,23-59,61-63,65-68H2,1-2H3,(H,73,76)/b13-11-,19-17-,22-21-,64-60+. The van der Waals surface area contributed by atoms with Gasteiger partial charge in [-0.25, -0.2) is 0 Å². The predicted octanol–water partition coefficient (Wildman–Crippen LogP) is 22.5. The third-order valence-electron chi connectivity index (χ3n) is 16.1. The molecule has 1 amide bonds. The van der Waals surface area contributed by atoms with E-state index in [4.69, 9.17) is 4.74 Å². The molecule has 0 saturated carbocycles. The number of carbonyl (C=O) groups is 2. The first-order valence-electron chi connectivity index (χ1n) is 34.9. The Hall–Kier alpha value is -2.18. The monoisotopic (exact) mass is 1090 g/mol. The summed E-state index contributed by atoms with van der Waals surface area (Å²) in [5, 5.41) is 23.1. The van der Waals surface area contributed by atoms with Crippen LogP contribution in [-0.2, 0) is 14.3 Å². The minimum absolute atomic E-state index is 0.0118. The number of carbonyl (C=O) groups excluding carboxylic acids is 2. The minimum atomic E-state index is -0.844. The van der Waals surface area contributed by atoms with Crippen LogP contribution in [0, 0.1) is 0 Å². The molecule has 0 aliphatic heterocycles. The van der Waals surface area contributed by atoms with Crippen LogP contribution in [0.3, 0.4) is 0 Å². The van der Waals surface area contributed by atoms with Gasteiger partial charge in [0, 0.05) is 12.8 Å². The van der Waals surface area contributed by atoms with E-state index >= 15 is 0 Å². The van der Waals surface area contributed by atoms with Gasteiger partial charge in [0.2, 0.25) is 5.91 Å². The summed E-state index contributed by atoms with van der Waals surface area (Å²) in [5.74, 6) is -0.0550. The number of amides is 1. The molecule has 6 nitrogen and oxygen atoms in total. The van der Waals surface area contributed by atoms with Crippen molar-refractivity contribution < 1.29 is 24.5 Å². The number of nitrogens with one attached hydrogen (secondary N) is 1. The van der Waals surface area contributed by atoms with E-state index in [1.54, 1.807) is 6.08 Å². The normalized spacial score (nSPS) is 12.8. The number of esters is 1. The van der Waals surface area contributed by atoms with E-state index in [-0.39, 0.29) is 18.5 Å². The van der Waals surface area contributed by atoms with Crippen LogP contribution in [0.1, 0.15) is 373 Å². The first-order chi connectivity index (χ1) is 38.5. The fourth-order valence-corrected chi connectivity index (χ4v) is 10.7. The summed E-state index contributed by atoms with van der Waals surface area (Å²) in [4.78, 5) is 24.6. The lowest BCUT2D eigenvalue weighted by Crippen LogP contribution is -2.45. The Morgan fingerprint density at radius 3 is 1.01 bits per heavy atom. The second-order valence-electron chi connectivity index (χ2n) is 23.9. The largest absolute Gasteiger partial charge is 0.466 e. The van der Waals surface area contributed by atoms with Crippen molar-refractivity contribution in [1.82, 2.24) is 5.32 Å². The molecule has 0 radical (unpaired) electrons. The van der Waals surface area contributed by atoms with Crippen molar-refractivity contribution in [3.05, 3.63) is 48.6 Å². The Bertz CT molecular complexity index is 1310. The highest BCUT2D eigenvalue weighted by molar-refractivity contribution is 5.76. The van der Waals surface area contributed by atoms with Gasteiger partial charge < -0.3 is 20.3 Å². The first-order valence-corrected chi connectivity index (χ1v) is 34.9. The number of hydrogen-bond acceptors (Lipinski definition) is 5. The van der Waals surface area contributed by atoms with Crippen molar-refractivity contribution in [2.75, 3.05) is 13.2 Å². The quantitative estimate of drug-likeness (QED) is 0.0320. The van der Waals surface area contributed by atoms with Gasteiger partial charge in [-0.2, -0.15) is 0 Å². The fourth-order valence-electron chi connectivity index (χ4n) is 10.7. The van der Waals surface area contributed by atoms with Crippen molar-refractivity contribution in [2.24, 2.45) is 0 Å². The zero-order chi connectivity index (χ0) is 56.4. The van der Waals surface area contributed by atoms with Gasteiger partial charge in [0.15, 0.2) is 0 Å². The number of rotatable bonds is 65. The molecule has 0 aromatic rings. The van der Waals surface area contributed by atoms with Gasteiger partial charge in [-0.1, -0.05) is 319 Å². The lowest BCUT2D eigenvalue weighted by atomic mass is 10.0. The van der Waals surface area contributed by atoms with Crippen molar-refractivity contribution in [3.8, 4) is 0 Å². The maximum atomic E-state index is 12.5. The molecule has 0 aromatic carbocycles. The lowest BCUT2D eigenvalue weighted by molar-refractivity contribution is -0.143. The van der Waals surface area contributed by atoms with Crippen molar-refractivity contribution in [2.45, 2.75) is 386 Å². The highest BCUT2D eigenvalue weighted by Crippen LogP contribution is 2.18. The second-order valence-corrected chi connectivity index (χ2v) is 23.9. The molecule has 6 heteroatoms. The predicted molar refractivity (Wildman–Crippen MR) is 342 cm³/mol. The second kappa shape index (κ2) is 67.3. The van der Waals surface area contributed by atoms with E-state index in [0.717, 1.165) is 51.4 Å². The molecule has 0 aliphatic rings. The van der Waals surface area contributed by atoms with Gasteiger partial charge >= 0.3 is 5.97 Å². The molecule has 0 fully saturated rings. The fraction of sp³-hybridized carbons (Fsp3) is 0.861. The molecule has 0 aliphatic carbocycles. The number of ether oxygens (including phenoxy) is 1. The van der Waals surface area contributed by atoms with Crippen molar-refractivity contribution >= 4 is 11.9 Å². The molecule has 0 bridgehead atoms. The van der Waals surface area contributed by atoms with E-state index in [0.29, 0.717) is 19.4 Å². The summed E-state index contributed by atoms with van der Waals surface area (Å²) < 4.78 is 5.51. The van der Waals surface area contributed by atoms with Crippen LogP contribution < -0.4 is 5.32 Å². The van der Waals surface area contributed by atoms with Gasteiger partial charge in [-0.3, -0.25) is 9.59 Å². The molecule has 0 heterocycles. The molecule has 0 aromatic heterocycles. The molecule has 2 atom stereocenters. The average molecular weight is 1090 g/mol. The Morgan fingerprint density at radius 2 is 0.641 bits per heavy atom. The molecule has 78 heavy (non-hydrogen) atoms. The summed E-state index contributed by atoms with van der Waals surface area (Å²) in [6, 6.07) is -0.628. The van der Waals surface area contributed by atoms with Gasteiger partial charge in [0.25, 0.3) is 0 Å². The number of hydrogen-bond donors (Lipinski definition) is 3. The summed E-state index contributed by atoms with van der Waals surface area (Å²) in [6.45, 7) is 4.90. The number of unbranched alkanes of at least 4 members (excludes halogenated alkanes) is 48. The maximum absolute atomic E-state index is 12.5. The Morgan fingerprint density at radius 1 is 0.359 bits per heavy atom. The van der Waals surface area contributed by atoms with Gasteiger partial charge in [-0.15, -0.1) is 0 Å². The zero-order valence-electron chi connectivity index (χ0n) is 52.4. The number of allylic oxidation sites excluding steroid dienone is 7. The van der Waals surface area contributed by atoms with Crippen LogP contribution in [0.25, 0.3) is 0 Å². The van der Waals surface area contributed by atoms with Crippen LogP contribution in [0.5, 0.6) is 0 Å². The van der Waals surface area contributed by atoms with E-state index in [2.05, 4.69) is 55.6 Å². The highest BCUT2D eigenvalue weighted by atomic mass is 16.5. The summed E-state index contributed by atoms with van der Waals surface area (Å²) in [5.41, 5.74) is 0. The summed E-state index contributed by atoms with van der Waals surface area (Å²) >= 11 is 0. The van der Waals surface area contributed by atoms with Crippen LogP contribution >= 0.6 is 0 Å². The SMILES string of the molecule is CCCCC/C=C\C/C=C\CCCCCCCCCCCC(=O)OCCCCCCCCCCCCCC/C=C\CCCCCCCCCCCCCCC(=O)NC(CO)C(O)/C=C/CCCCCCCCCCCCCC. The first kappa shape index (κ1) is 75.8. The van der Waals surface area contributed by atoms with Crippen molar-refractivity contribution in [3.63, 3.8) is 0 Å². The molecular formula is C72H135NO5. The summed E-state index contributed by atoms with van der Waals surface area (Å²) in [6.07, 6.45) is 87.6. The number of aliphatic hydroxyl groups is 2. The van der Waals surface area contributed by atoms with E-state index in [1.165, 1.54) is 295 Å². The van der Waals surface area contributed by atoms with Crippen LogP contribution in [0.4, 0.5) is 0 Å². The van der Waals surface area contributed by atoms with E-state index < -0.39 is 12.1 Å². The molecule has 3 N–H and O–H groups in total. The molecule has 0 saturated heterocycles. The van der Waals surface area contributed by atoms with Crippen LogP contribution in [0.2, 0.25) is 0 Å². The number of aliphatic hydroxyl groups excluding tert-OH is 2. The minimum Gasteiger partial charge on any atom is -0.466 e. The summed E-state index contributed by atoms with van der Waals surface area (Å²) in [7, 11) is 0. The Kier molecular flexibility index (Phi) is 65.4. The van der Waals surface area contributed by atoms with Crippen LogP contribution in [0.15, 0.2) is 48.6 Å². The van der Waals surface area contributed by atoms with Gasteiger partial charge in [0.05, 0.1) is 25.4 Å².